The number of Topliss-reactive ketones (excluding diaryl/α,β-unsaturated/α-hetero) is 1. The fourth-order valence-corrected chi connectivity index (χ4v) is 2.08. The van der Waals surface area contributed by atoms with Crippen LogP contribution in [0.2, 0.25) is 0 Å². The molecule has 1 N–H and O–H groups in total. The zero-order valence-electron chi connectivity index (χ0n) is 8.88. The van der Waals surface area contributed by atoms with Gasteiger partial charge in [0.25, 0.3) is 10.1 Å². The predicted molar refractivity (Wildman–Crippen MR) is 60.5 cm³/mol. The summed E-state index contributed by atoms with van der Waals surface area (Å²) in [6.07, 6.45) is 0.639. The second kappa shape index (κ2) is 5.23. The zero-order chi connectivity index (χ0) is 11.9. The summed E-state index contributed by atoms with van der Waals surface area (Å²) in [6, 6.07) is 5.84. The van der Waals surface area contributed by atoms with Gasteiger partial charge < -0.3 is 0 Å². The molecule has 0 saturated carbocycles. The topological polar surface area (TPSA) is 88.5 Å². The van der Waals surface area contributed by atoms with E-state index in [-0.39, 0.29) is 62.5 Å². The van der Waals surface area contributed by atoms with Crippen LogP contribution in [0.5, 0.6) is 0 Å². The van der Waals surface area contributed by atoms with Crippen molar-refractivity contribution in [1.29, 1.82) is 0 Å². The van der Waals surface area contributed by atoms with Crippen LogP contribution in [0.25, 0.3) is 0 Å². The van der Waals surface area contributed by atoms with Gasteiger partial charge in [-0.25, -0.2) is 0 Å². The third-order valence-electron chi connectivity index (χ3n) is 2.20. The maximum absolute atomic E-state index is 11.6. The van der Waals surface area contributed by atoms with E-state index in [9.17, 15) is 18.0 Å². The molecule has 0 saturated heterocycles. The van der Waals surface area contributed by atoms with Crippen LogP contribution in [0.3, 0.4) is 0 Å². The van der Waals surface area contributed by atoms with Crippen molar-refractivity contribution in [3.05, 3.63) is 46.4 Å². The maximum Gasteiger partial charge on any atom is 0.298 e. The van der Waals surface area contributed by atoms with Crippen LogP contribution in [0.4, 0.5) is 0 Å². The van der Waals surface area contributed by atoms with Gasteiger partial charge in [-0.15, -0.1) is 0 Å². The van der Waals surface area contributed by atoms with E-state index in [4.69, 9.17) is 4.55 Å². The summed E-state index contributed by atoms with van der Waals surface area (Å²) in [5.41, 5.74) is 0.127. The molecule has 2 rings (SSSR count). The van der Waals surface area contributed by atoms with Gasteiger partial charge in [0, 0.05) is 68.6 Å². The second-order valence-electron chi connectivity index (χ2n) is 3.22. The maximum atomic E-state index is 11.6. The standard InChI is InChI=1S/C10H6O5S.K/c11-8-5-9(16(13,14)15)10(12)7-4-2-1-3-6(7)8;/h1-5H,(H,13,14,15);. The molecule has 1 aromatic rings. The SMILES string of the molecule is O=C1C=C(S(=O)(=O)O)C(=O)c2ccccc21.[K]. The monoisotopic (exact) mass is 277 g/mol. The average molecular weight is 277 g/mol. The summed E-state index contributed by atoms with van der Waals surface area (Å²) in [5, 5.41) is 0. The van der Waals surface area contributed by atoms with Gasteiger partial charge in [0.1, 0.15) is 4.91 Å². The van der Waals surface area contributed by atoms with E-state index >= 15 is 0 Å². The molecule has 5 nitrogen and oxygen atoms in total. The molecule has 0 unspecified atom stereocenters. The number of hydrogen-bond donors (Lipinski definition) is 1. The number of carbonyl (C=O) groups excluding carboxylic acids is 2. The Morgan fingerprint density at radius 2 is 1.53 bits per heavy atom. The summed E-state index contributed by atoms with van der Waals surface area (Å²) >= 11 is 0. The first kappa shape index (κ1) is 14.9. The largest absolute Gasteiger partial charge is 0.298 e. The Morgan fingerprint density at radius 3 is 2.06 bits per heavy atom. The molecule has 1 aliphatic carbocycles. The van der Waals surface area contributed by atoms with E-state index in [1.54, 1.807) is 6.07 Å². The van der Waals surface area contributed by atoms with Crippen LogP contribution < -0.4 is 0 Å². The van der Waals surface area contributed by atoms with Crippen molar-refractivity contribution in [2.45, 2.75) is 0 Å². The van der Waals surface area contributed by atoms with Crippen molar-refractivity contribution in [1.82, 2.24) is 0 Å². The number of rotatable bonds is 1. The van der Waals surface area contributed by atoms with Gasteiger partial charge in [-0.05, 0) is 0 Å². The first-order valence-electron chi connectivity index (χ1n) is 4.28. The first-order chi connectivity index (χ1) is 7.41. The van der Waals surface area contributed by atoms with E-state index in [0.29, 0.717) is 6.08 Å². The van der Waals surface area contributed by atoms with Gasteiger partial charge in [0.2, 0.25) is 5.78 Å². The van der Waals surface area contributed by atoms with Gasteiger partial charge in [-0.1, -0.05) is 24.3 Å². The molecule has 0 spiro atoms. The smallest absolute Gasteiger partial charge is 0.289 e. The number of hydrogen-bond acceptors (Lipinski definition) is 4. The number of allylic oxidation sites excluding steroid dienone is 2. The first-order valence-corrected chi connectivity index (χ1v) is 5.72. The molecule has 0 fully saturated rings. The number of carbonyl (C=O) groups is 2. The fraction of sp³-hybridized carbons (Fsp3) is 0. The molecule has 83 valence electrons. The van der Waals surface area contributed by atoms with Gasteiger partial charge >= 0.3 is 0 Å². The summed E-state index contributed by atoms with van der Waals surface area (Å²) in [6.45, 7) is 0. The van der Waals surface area contributed by atoms with E-state index in [2.05, 4.69) is 0 Å². The molecule has 1 aromatic carbocycles. The summed E-state index contributed by atoms with van der Waals surface area (Å²) < 4.78 is 30.5. The Balaban J connectivity index is 0.00000144. The second-order valence-corrected chi connectivity index (χ2v) is 4.61. The van der Waals surface area contributed by atoms with E-state index in [0.717, 1.165) is 0 Å². The molecule has 0 aromatic heterocycles. The number of fused-ring (bicyclic) bond motifs is 1. The third kappa shape index (κ3) is 2.82. The van der Waals surface area contributed by atoms with Gasteiger partial charge in [0.05, 0.1) is 0 Å². The minimum atomic E-state index is -4.66. The summed E-state index contributed by atoms with van der Waals surface area (Å²) in [5.74, 6) is -1.47. The Morgan fingerprint density at radius 1 is 1.00 bits per heavy atom. The quantitative estimate of drug-likeness (QED) is 0.595. The fourth-order valence-electron chi connectivity index (χ4n) is 1.48. The van der Waals surface area contributed by atoms with E-state index in [1.165, 1.54) is 18.2 Å². The molecule has 0 aliphatic heterocycles. The number of ketones is 2. The molecule has 1 aliphatic rings. The van der Waals surface area contributed by atoms with Crippen LogP contribution >= 0.6 is 0 Å². The van der Waals surface area contributed by atoms with E-state index < -0.39 is 26.6 Å². The molecular weight excluding hydrogens is 271 g/mol. The minimum absolute atomic E-state index is 0. The molecule has 1 radical (unpaired) electrons. The minimum Gasteiger partial charge on any atom is -0.289 e. The third-order valence-corrected chi connectivity index (χ3v) is 3.06. The number of benzene rings is 1. The van der Waals surface area contributed by atoms with Crippen molar-refractivity contribution in [2.24, 2.45) is 0 Å². The van der Waals surface area contributed by atoms with Crippen molar-refractivity contribution < 1.29 is 22.6 Å². The normalized spacial score (nSPS) is 14.8. The molecular formula is C10H6KO5S. The van der Waals surface area contributed by atoms with Crippen molar-refractivity contribution in [2.75, 3.05) is 0 Å². The summed E-state index contributed by atoms with van der Waals surface area (Å²) in [7, 11) is -4.66. The van der Waals surface area contributed by atoms with Crippen molar-refractivity contribution in [3.8, 4) is 0 Å². The molecule has 17 heavy (non-hydrogen) atoms. The molecule has 0 heterocycles. The van der Waals surface area contributed by atoms with Gasteiger partial charge in [-0.2, -0.15) is 8.42 Å². The molecule has 0 atom stereocenters. The van der Waals surface area contributed by atoms with Gasteiger partial charge in [-0.3, -0.25) is 14.1 Å². The predicted octanol–water partition coefficient (Wildman–Crippen LogP) is 0.457. The Hall–Kier alpha value is -0.154. The Bertz CT molecular complexity index is 630. The molecule has 0 amide bonds. The van der Waals surface area contributed by atoms with E-state index in [1.807, 2.05) is 0 Å². The van der Waals surface area contributed by atoms with Crippen molar-refractivity contribution >= 4 is 73.1 Å². The zero-order valence-corrected chi connectivity index (χ0v) is 12.8. The van der Waals surface area contributed by atoms with Crippen molar-refractivity contribution in [3.63, 3.8) is 0 Å². The van der Waals surface area contributed by atoms with Gasteiger partial charge in [0.15, 0.2) is 5.78 Å². The van der Waals surface area contributed by atoms with Crippen LogP contribution in [0.15, 0.2) is 35.2 Å². The van der Waals surface area contributed by atoms with Crippen LogP contribution in [-0.4, -0.2) is 75.9 Å². The Labute approximate surface area is 140 Å². The van der Waals surface area contributed by atoms with Crippen LogP contribution in [0.1, 0.15) is 20.7 Å². The molecule has 7 heteroatoms. The Kier molecular flexibility index (Phi) is 4.58. The summed E-state index contributed by atoms with van der Waals surface area (Å²) in [4.78, 5) is 22.3. The average Bonchev–Trinajstić information content (AvgIpc) is 2.22. The van der Waals surface area contributed by atoms with Crippen LogP contribution in [-0.2, 0) is 10.1 Å². The van der Waals surface area contributed by atoms with Crippen LogP contribution in [0, 0.1) is 0 Å². The molecule has 0 bridgehead atoms.